The zero-order chi connectivity index (χ0) is 29.5. The Balaban J connectivity index is 1.52. The monoisotopic (exact) mass is 568 g/mol. The van der Waals surface area contributed by atoms with Crippen LogP contribution >= 0.6 is 0 Å². The highest BCUT2D eigenvalue weighted by Crippen LogP contribution is 2.39. The smallest absolute Gasteiger partial charge is 0.410 e. The molecule has 3 amide bonds. The average molecular weight is 569 g/mol. The first-order chi connectivity index (χ1) is 19.4. The van der Waals surface area contributed by atoms with Crippen LogP contribution in [0.25, 0.3) is 11.3 Å². The van der Waals surface area contributed by atoms with E-state index in [1.165, 1.54) is 18.2 Å². The molecule has 2 N–H and O–H groups in total. The van der Waals surface area contributed by atoms with Crippen LogP contribution in [0.4, 0.5) is 40.2 Å². The molecule has 3 heterocycles. The highest BCUT2D eigenvalue weighted by atomic mass is 19.1. The molecule has 5 rings (SSSR count). The summed E-state index contributed by atoms with van der Waals surface area (Å²) in [5.41, 5.74) is 0.813. The van der Waals surface area contributed by atoms with Crippen molar-refractivity contribution in [3.63, 3.8) is 0 Å². The molecule has 12 heteroatoms. The number of hydrogen-bond acceptors (Lipinski definition) is 6. The van der Waals surface area contributed by atoms with Crippen molar-refractivity contribution >= 4 is 29.6 Å². The van der Waals surface area contributed by atoms with E-state index in [9.17, 15) is 22.8 Å². The van der Waals surface area contributed by atoms with E-state index < -0.39 is 34.8 Å². The number of piperidine rings is 1. The van der Waals surface area contributed by atoms with E-state index in [0.717, 1.165) is 17.0 Å². The van der Waals surface area contributed by atoms with Gasteiger partial charge in [-0.25, -0.2) is 32.6 Å². The summed E-state index contributed by atoms with van der Waals surface area (Å²) in [4.78, 5) is 37.3. The summed E-state index contributed by atoms with van der Waals surface area (Å²) in [6.07, 6.45) is 0.747. The number of aryl methyl sites for hydroxylation is 1. The molecule has 9 nitrogen and oxygen atoms in total. The molecule has 2 aromatic carbocycles. The second-order valence-corrected chi connectivity index (χ2v) is 11.1. The Hall–Kier alpha value is -4.35. The van der Waals surface area contributed by atoms with Crippen molar-refractivity contribution in [2.24, 2.45) is 0 Å². The average Bonchev–Trinajstić information content (AvgIpc) is 2.89. The molecule has 0 atom stereocenters. The minimum Gasteiger partial charge on any atom is -0.444 e. The van der Waals surface area contributed by atoms with Crippen molar-refractivity contribution < 1.29 is 27.5 Å². The predicted octanol–water partition coefficient (Wildman–Crippen LogP) is 6.04. The molecule has 0 radical (unpaired) electrons. The number of likely N-dealkylation sites (tertiary alicyclic amines) is 1. The molecule has 2 aliphatic heterocycles. The third-order valence-corrected chi connectivity index (χ3v) is 6.90. The summed E-state index contributed by atoms with van der Waals surface area (Å²) in [6, 6.07) is 6.67. The molecule has 1 saturated heterocycles. The predicted molar refractivity (Wildman–Crippen MR) is 147 cm³/mol. The Morgan fingerprint density at radius 3 is 2.39 bits per heavy atom. The Bertz CT molecular complexity index is 1480. The lowest BCUT2D eigenvalue weighted by molar-refractivity contribution is 0.0210. The van der Waals surface area contributed by atoms with Crippen LogP contribution in [0, 0.1) is 24.4 Å². The van der Waals surface area contributed by atoms with Gasteiger partial charge in [0.25, 0.3) is 0 Å². The van der Waals surface area contributed by atoms with Crippen molar-refractivity contribution in [3.05, 3.63) is 65.0 Å². The Kier molecular flexibility index (Phi) is 7.50. The normalized spacial score (nSPS) is 15.8. The molecule has 0 bridgehead atoms. The summed E-state index contributed by atoms with van der Waals surface area (Å²) < 4.78 is 49.2. The van der Waals surface area contributed by atoms with Gasteiger partial charge in [0.05, 0.1) is 12.2 Å². The molecule has 216 valence electrons. The zero-order valence-electron chi connectivity index (χ0n) is 23.2. The van der Waals surface area contributed by atoms with Gasteiger partial charge in [-0.15, -0.1) is 0 Å². The molecule has 2 aliphatic rings. The number of hydrogen-bond donors (Lipinski definition) is 2. The standard InChI is InChI=1S/C29H31F3N6O3/c1-16-14-17(30)8-9-19(16)23-20-15-33-27(39)38(24-21(31)6-5-7-22(24)32)25(20)36-26(35-23)34-18-10-12-37(13-11-18)28(40)41-29(2,3)4/h5-9,14,18H,10-13,15H2,1-4H3,(H,33,39)(H,34,35,36). The van der Waals surface area contributed by atoms with Gasteiger partial charge < -0.3 is 20.3 Å². The maximum atomic E-state index is 14.9. The lowest BCUT2D eigenvalue weighted by Gasteiger charge is -2.34. The van der Waals surface area contributed by atoms with Gasteiger partial charge in [-0.1, -0.05) is 6.07 Å². The third-order valence-electron chi connectivity index (χ3n) is 6.90. The van der Waals surface area contributed by atoms with Gasteiger partial charge in [-0.05, 0) is 76.4 Å². The van der Waals surface area contributed by atoms with Crippen LogP contribution in [-0.2, 0) is 11.3 Å². The number of urea groups is 1. The first-order valence-corrected chi connectivity index (χ1v) is 13.3. The molecule has 0 unspecified atom stereocenters. The van der Waals surface area contributed by atoms with Crippen LogP contribution in [0.2, 0.25) is 0 Å². The second-order valence-electron chi connectivity index (χ2n) is 11.1. The van der Waals surface area contributed by atoms with E-state index in [2.05, 4.69) is 15.6 Å². The molecule has 1 aromatic heterocycles. The molecule has 41 heavy (non-hydrogen) atoms. The van der Waals surface area contributed by atoms with E-state index in [4.69, 9.17) is 9.72 Å². The van der Waals surface area contributed by atoms with Crippen LogP contribution in [-0.4, -0.2) is 51.7 Å². The fourth-order valence-corrected chi connectivity index (χ4v) is 4.96. The Labute approximate surface area is 235 Å². The fourth-order valence-electron chi connectivity index (χ4n) is 4.96. The van der Waals surface area contributed by atoms with Crippen LogP contribution in [0.3, 0.4) is 0 Å². The van der Waals surface area contributed by atoms with Crippen molar-refractivity contribution in [1.29, 1.82) is 0 Å². The number of carbonyl (C=O) groups excluding carboxylic acids is 2. The Morgan fingerprint density at radius 1 is 1.07 bits per heavy atom. The van der Waals surface area contributed by atoms with Gasteiger partial charge >= 0.3 is 12.1 Å². The molecule has 1 fully saturated rings. The first-order valence-electron chi connectivity index (χ1n) is 13.3. The summed E-state index contributed by atoms with van der Waals surface area (Å²) in [7, 11) is 0. The number of amides is 3. The second kappa shape index (κ2) is 10.9. The molecule has 0 spiro atoms. The lowest BCUT2D eigenvalue weighted by atomic mass is 10.00. The minimum absolute atomic E-state index is 0.00143. The van der Waals surface area contributed by atoms with E-state index in [1.54, 1.807) is 17.9 Å². The van der Waals surface area contributed by atoms with Crippen molar-refractivity contribution in [2.75, 3.05) is 23.3 Å². The number of para-hydroxylation sites is 1. The number of aromatic nitrogens is 2. The van der Waals surface area contributed by atoms with Crippen LogP contribution in [0.5, 0.6) is 0 Å². The first kappa shape index (κ1) is 28.2. The van der Waals surface area contributed by atoms with Gasteiger partial charge in [-0.2, -0.15) is 4.98 Å². The van der Waals surface area contributed by atoms with Crippen molar-refractivity contribution in [2.45, 2.75) is 58.7 Å². The molecule has 3 aromatic rings. The molecular weight excluding hydrogens is 537 g/mol. The van der Waals surface area contributed by atoms with Gasteiger partial charge in [-0.3, -0.25) is 0 Å². The highest BCUT2D eigenvalue weighted by Gasteiger charge is 2.35. The maximum absolute atomic E-state index is 14.9. The molecule has 0 aliphatic carbocycles. The number of carbonyl (C=O) groups is 2. The largest absolute Gasteiger partial charge is 0.444 e. The van der Waals surface area contributed by atoms with Crippen LogP contribution in [0.15, 0.2) is 36.4 Å². The summed E-state index contributed by atoms with van der Waals surface area (Å²) in [5, 5.41) is 5.92. The molecule has 0 saturated carbocycles. The number of fused-ring (bicyclic) bond motifs is 1. The van der Waals surface area contributed by atoms with E-state index in [0.29, 0.717) is 48.3 Å². The van der Waals surface area contributed by atoms with Crippen molar-refractivity contribution in [1.82, 2.24) is 20.2 Å². The number of nitrogens with one attached hydrogen (secondary N) is 2. The van der Waals surface area contributed by atoms with Crippen molar-refractivity contribution in [3.8, 4) is 11.3 Å². The SMILES string of the molecule is Cc1cc(F)ccc1-c1nc(NC2CCN(C(=O)OC(C)(C)C)CC2)nc2c1CNC(=O)N2c1c(F)cccc1F. The quantitative estimate of drug-likeness (QED) is 0.398. The van der Waals surface area contributed by atoms with Crippen LogP contribution < -0.4 is 15.5 Å². The van der Waals surface area contributed by atoms with E-state index in [1.807, 2.05) is 20.8 Å². The summed E-state index contributed by atoms with van der Waals surface area (Å²) >= 11 is 0. The fraction of sp³-hybridized carbons (Fsp3) is 0.379. The summed E-state index contributed by atoms with van der Waals surface area (Å²) in [6.45, 7) is 8.04. The number of anilines is 3. The number of rotatable bonds is 4. The minimum atomic E-state index is -0.935. The lowest BCUT2D eigenvalue weighted by Crippen LogP contribution is -2.45. The number of benzene rings is 2. The topological polar surface area (TPSA) is 99.7 Å². The van der Waals surface area contributed by atoms with Gasteiger partial charge in [0.2, 0.25) is 5.95 Å². The number of nitrogens with zero attached hydrogens (tertiary/aromatic N) is 4. The van der Waals surface area contributed by atoms with Gasteiger partial charge in [0.15, 0.2) is 5.82 Å². The highest BCUT2D eigenvalue weighted by molar-refractivity contribution is 6.02. The van der Waals surface area contributed by atoms with Gasteiger partial charge in [0, 0.05) is 30.3 Å². The number of halogens is 3. The van der Waals surface area contributed by atoms with Crippen LogP contribution in [0.1, 0.15) is 44.7 Å². The number of ether oxygens (including phenoxy) is 1. The van der Waals surface area contributed by atoms with E-state index in [-0.39, 0.29) is 30.4 Å². The van der Waals surface area contributed by atoms with Gasteiger partial charge in [0.1, 0.15) is 28.7 Å². The molecular formula is C29H31F3N6O3. The van der Waals surface area contributed by atoms with E-state index >= 15 is 0 Å². The zero-order valence-corrected chi connectivity index (χ0v) is 23.2. The summed E-state index contributed by atoms with van der Waals surface area (Å²) in [5.74, 6) is -2.15. The maximum Gasteiger partial charge on any atom is 0.410 e. The third kappa shape index (κ3) is 5.91. The Morgan fingerprint density at radius 2 is 1.76 bits per heavy atom.